The number of nitrogens with one attached hydrogen (secondary N) is 1. The number of para-hydroxylation sites is 1. The summed E-state index contributed by atoms with van der Waals surface area (Å²) >= 11 is 0. The fraction of sp³-hybridized carbons (Fsp3) is 0.368. The molecule has 1 fully saturated rings. The first-order valence-corrected chi connectivity index (χ1v) is 10.7. The Morgan fingerprint density at radius 1 is 1.23 bits per heavy atom. The third-order valence-electron chi connectivity index (χ3n) is 4.98. The van der Waals surface area contributed by atoms with Crippen LogP contribution in [0.5, 0.6) is 0 Å². The number of benzene rings is 1. The molecule has 0 radical (unpaired) electrons. The predicted molar refractivity (Wildman–Crippen MR) is 101 cm³/mol. The molecule has 2 aliphatic heterocycles. The lowest BCUT2D eigenvalue weighted by Gasteiger charge is -2.31. The van der Waals surface area contributed by atoms with Crippen molar-refractivity contribution in [3.63, 3.8) is 0 Å². The summed E-state index contributed by atoms with van der Waals surface area (Å²) in [7, 11) is -3.02. The molecule has 1 N–H and O–H groups in total. The van der Waals surface area contributed by atoms with E-state index in [1.165, 1.54) is 11.8 Å². The van der Waals surface area contributed by atoms with Gasteiger partial charge in [0.2, 0.25) is 0 Å². The monoisotopic (exact) mass is 371 g/mol. The molecule has 1 atom stereocenters. The molecule has 6 nitrogen and oxygen atoms in total. The maximum atomic E-state index is 12.5. The predicted octanol–water partition coefficient (Wildman–Crippen LogP) is 2.08. The average molecular weight is 371 g/mol. The van der Waals surface area contributed by atoms with Crippen molar-refractivity contribution in [1.29, 1.82) is 0 Å². The average Bonchev–Trinajstić information content (AvgIpc) is 2.99. The molecule has 2 aromatic rings. The number of hydrogen-bond donors (Lipinski definition) is 1. The Bertz CT molecular complexity index is 943. The van der Waals surface area contributed by atoms with Crippen LogP contribution in [-0.2, 0) is 16.3 Å². The van der Waals surface area contributed by atoms with Crippen molar-refractivity contribution in [1.82, 2.24) is 10.3 Å². The lowest BCUT2D eigenvalue weighted by Crippen LogP contribution is -2.35. The number of anilines is 2. The van der Waals surface area contributed by atoms with Crippen LogP contribution in [0.1, 0.15) is 28.8 Å². The third kappa shape index (κ3) is 3.44. The molecule has 4 rings (SSSR count). The smallest absolute Gasteiger partial charge is 0.253 e. The maximum absolute atomic E-state index is 12.5. The van der Waals surface area contributed by atoms with E-state index >= 15 is 0 Å². The van der Waals surface area contributed by atoms with Gasteiger partial charge in [-0.3, -0.25) is 9.78 Å². The van der Waals surface area contributed by atoms with E-state index in [2.05, 4.69) is 27.3 Å². The van der Waals surface area contributed by atoms with Gasteiger partial charge < -0.3 is 10.2 Å². The molecule has 2 aliphatic rings. The van der Waals surface area contributed by atoms with Crippen LogP contribution in [-0.4, -0.2) is 43.4 Å². The number of pyridine rings is 1. The van der Waals surface area contributed by atoms with E-state index in [0.29, 0.717) is 12.0 Å². The van der Waals surface area contributed by atoms with Crippen LogP contribution < -0.4 is 10.2 Å². The van der Waals surface area contributed by atoms with Crippen LogP contribution in [0.2, 0.25) is 0 Å². The SMILES string of the molecule is O=C(NC1CCS(=O)(=O)C1)c1cncc(N2CCCc3ccccc32)c1. The fourth-order valence-corrected chi connectivity index (χ4v) is 5.35. The summed E-state index contributed by atoms with van der Waals surface area (Å²) in [6.07, 6.45) is 5.86. The van der Waals surface area contributed by atoms with Crippen molar-refractivity contribution in [2.24, 2.45) is 0 Å². The number of nitrogens with zero attached hydrogens (tertiary/aromatic N) is 2. The highest BCUT2D eigenvalue weighted by Gasteiger charge is 2.29. The summed E-state index contributed by atoms with van der Waals surface area (Å²) < 4.78 is 23.1. The minimum Gasteiger partial charge on any atom is -0.348 e. The topological polar surface area (TPSA) is 79.4 Å². The van der Waals surface area contributed by atoms with Gasteiger partial charge in [-0.1, -0.05) is 18.2 Å². The zero-order valence-corrected chi connectivity index (χ0v) is 15.2. The van der Waals surface area contributed by atoms with E-state index in [0.717, 1.165) is 30.8 Å². The van der Waals surface area contributed by atoms with Crippen LogP contribution in [0.4, 0.5) is 11.4 Å². The minimum atomic E-state index is -3.02. The van der Waals surface area contributed by atoms with Gasteiger partial charge in [-0.2, -0.15) is 0 Å². The molecule has 3 heterocycles. The second kappa shape index (κ2) is 6.72. The molecular weight excluding hydrogens is 350 g/mol. The van der Waals surface area contributed by atoms with Gasteiger partial charge in [0.1, 0.15) is 0 Å². The Labute approximate surface area is 153 Å². The molecule has 0 spiro atoms. The molecule has 1 aromatic carbocycles. The van der Waals surface area contributed by atoms with E-state index in [9.17, 15) is 13.2 Å². The highest BCUT2D eigenvalue weighted by atomic mass is 32.2. The minimum absolute atomic E-state index is 0.0192. The van der Waals surface area contributed by atoms with Gasteiger partial charge in [0.25, 0.3) is 5.91 Å². The molecular formula is C19H21N3O3S. The second-order valence-corrected chi connectivity index (χ2v) is 9.12. The zero-order valence-electron chi connectivity index (χ0n) is 14.4. The number of amides is 1. The number of hydrogen-bond acceptors (Lipinski definition) is 5. The van der Waals surface area contributed by atoms with Crippen molar-refractivity contribution in [2.45, 2.75) is 25.3 Å². The maximum Gasteiger partial charge on any atom is 0.253 e. The summed E-state index contributed by atoms with van der Waals surface area (Å²) in [6, 6.07) is 9.79. The third-order valence-corrected chi connectivity index (χ3v) is 6.74. The van der Waals surface area contributed by atoms with Gasteiger partial charge in [-0.25, -0.2) is 8.42 Å². The number of carbonyl (C=O) groups is 1. The Balaban J connectivity index is 1.55. The van der Waals surface area contributed by atoms with Crippen molar-refractivity contribution >= 4 is 27.1 Å². The van der Waals surface area contributed by atoms with Gasteiger partial charge >= 0.3 is 0 Å². The summed E-state index contributed by atoms with van der Waals surface area (Å²) in [6.45, 7) is 0.880. The molecule has 0 saturated carbocycles. The fourth-order valence-electron chi connectivity index (χ4n) is 3.68. The summed E-state index contributed by atoms with van der Waals surface area (Å²) in [4.78, 5) is 18.9. The summed E-state index contributed by atoms with van der Waals surface area (Å²) in [5, 5.41) is 2.82. The van der Waals surface area contributed by atoms with Crippen LogP contribution in [0.3, 0.4) is 0 Å². The molecule has 1 aromatic heterocycles. The number of sulfone groups is 1. The second-order valence-electron chi connectivity index (χ2n) is 6.89. The first-order valence-electron chi connectivity index (χ1n) is 8.84. The van der Waals surface area contributed by atoms with Crippen molar-refractivity contribution < 1.29 is 13.2 Å². The standard InChI is InChI=1S/C19H21N3O3S/c23-19(21-16-7-9-26(24,25)13-16)15-10-17(12-20-11-15)22-8-3-5-14-4-1-2-6-18(14)22/h1-2,4,6,10-12,16H,3,5,7-9,13H2,(H,21,23). The molecule has 1 saturated heterocycles. The highest BCUT2D eigenvalue weighted by Crippen LogP contribution is 2.33. The number of aryl methyl sites for hydroxylation is 1. The van der Waals surface area contributed by atoms with E-state index in [1.54, 1.807) is 6.20 Å². The normalized spacial score (nSPS) is 21.2. The largest absolute Gasteiger partial charge is 0.348 e. The van der Waals surface area contributed by atoms with Gasteiger partial charge in [-0.15, -0.1) is 0 Å². The van der Waals surface area contributed by atoms with Crippen LogP contribution in [0.25, 0.3) is 0 Å². The van der Waals surface area contributed by atoms with E-state index in [4.69, 9.17) is 0 Å². The summed E-state index contributed by atoms with van der Waals surface area (Å²) in [5.74, 6) is -0.113. The highest BCUT2D eigenvalue weighted by molar-refractivity contribution is 7.91. The number of fused-ring (bicyclic) bond motifs is 1. The van der Waals surface area contributed by atoms with E-state index in [-0.39, 0.29) is 23.5 Å². The van der Waals surface area contributed by atoms with Crippen molar-refractivity contribution in [3.05, 3.63) is 53.9 Å². The molecule has 136 valence electrons. The quantitative estimate of drug-likeness (QED) is 0.894. The van der Waals surface area contributed by atoms with Gasteiger partial charge in [0.15, 0.2) is 9.84 Å². The zero-order chi connectivity index (χ0) is 18.1. The first kappa shape index (κ1) is 17.0. The first-order chi connectivity index (χ1) is 12.5. The Hall–Kier alpha value is -2.41. The molecule has 1 amide bonds. The lowest BCUT2D eigenvalue weighted by atomic mass is 10.0. The molecule has 1 unspecified atom stereocenters. The van der Waals surface area contributed by atoms with Crippen LogP contribution in [0, 0.1) is 0 Å². The Morgan fingerprint density at radius 3 is 2.88 bits per heavy atom. The Kier molecular flexibility index (Phi) is 4.40. The number of carbonyl (C=O) groups excluding carboxylic acids is 1. The Morgan fingerprint density at radius 2 is 2.08 bits per heavy atom. The van der Waals surface area contributed by atoms with Gasteiger partial charge in [0.05, 0.1) is 29.0 Å². The molecule has 26 heavy (non-hydrogen) atoms. The van der Waals surface area contributed by atoms with Gasteiger partial charge in [-0.05, 0) is 37.0 Å². The van der Waals surface area contributed by atoms with E-state index in [1.807, 2.05) is 18.2 Å². The van der Waals surface area contributed by atoms with Crippen LogP contribution in [0.15, 0.2) is 42.7 Å². The molecule has 7 heteroatoms. The number of rotatable bonds is 3. The lowest BCUT2D eigenvalue weighted by molar-refractivity contribution is 0.0941. The van der Waals surface area contributed by atoms with E-state index < -0.39 is 9.84 Å². The molecule has 0 aliphatic carbocycles. The number of aromatic nitrogens is 1. The molecule has 0 bridgehead atoms. The van der Waals surface area contributed by atoms with Gasteiger partial charge in [0, 0.05) is 24.5 Å². The summed E-state index contributed by atoms with van der Waals surface area (Å²) in [5.41, 5.74) is 3.78. The van der Waals surface area contributed by atoms with Crippen molar-refractivity contribution in [3.8, 4) is 0 Å². The van der Waals surface area contributed by atoms with Crippen molar-refractivity contribution in [2.75, 3.05) is 23.0 Å². The van der Waals surface area contributed by atoms with Crippen LogP contribution >= 0.6 is 0 Å².